The van der Waals surface area contributed by atoms with Crippen molar-refractivity contribution in [1.82, 2.24) is 4.31 Å². The molecule has 13 heavy (non-hydrogen) atoms. The van der Waals surface area contributed by atoms with Crippen LogP contribution in [0.1, 0.15) is 12.8 Å². The molecular formula is C6H13N3O2S2. The van der Waals surface area contributed by atoms with Crippen LogP contribution in [-0.2, 0) is 10.2 Å². The van der Waals surface area contributed by atoms with E-state index < -0.39 is 10.2 Å². The number of rotatable bonds is 3. The van der Waals surface area contributed by atoms with Gasteiger partial charge < -0.3 is 5.73 Å². The summed E-state index contributed by atoms with van der Waals surface area (Å²) in [5.41, 5.74) is 5.36. The van der Waals surface area contributed by atoms with Crippen molar-refractivity contribution in [3.8, 4) is 0 Å². The molecule has 1 saturated heterocycles. The van der Waals surface area contributed by atoms with E-state index in [4.69, 9.17) is 23.1 Å². The maximum atomic E-state index is 10.9. The first-order valence-electron chi connectivity index (χ1n) is 3.96. The minimum absolute atomic E-state index is 0.232. The van der Waals surface area contributed by atoms with Crippen LogP contribution in [0.25, 0.3) is 0 Å². The highest BCUT2D eigenvalue weighted by Gasteiger charge is 2.28. The summed E-state index contributed by atoms with van der Waals surface area (Å²) in [5.74, 6) is 0.232. The quantitative estimate of drug-likeness (QED) is 0.612. The van der Waals surface area contributed by atoms with Gasteiger partial charge in [0.15, 0.2) is 0 Å². The zero-order valence-electron chi connectivity index (χ0n) is 7.14. The molecule has 1 heterocycles. The van der Waals surface area contributed by atoms with Gasteiger partial charge in [-0.1, -0.05) is 12.2 Å². The Labute approximate surface area is 83.3 Å². The third kappa shape index (κ3) is 3.18. The summed E-state index contributed by atoms with van der Waals surface area (Å²) in [4.78, 5) is 0.432. The minimum atomic E-state index is -3.52. The van der Waals surface area contributed by atoms with Gasteiger partial charge in [-0.3, -0.25) is 0 Å². The van der Waals surface area contributed by atoms with E-state index in [0.717, 1.165) is 6.42 Å². The highest BCUT2D eigenvalue weighted by atomic mass is 32.2. The number of nitrogens with two attached hydrogens (primary N) is 2. The van der Waals surface area contributed by atoms with E-state index in [1.165, 1.54) is 4.31 Å². The van der Waals surface area contributed by atoms with Crippen molar-refractivity contribution in [3.05, 3.63) is 0 Å². The summed E-state index contributed by atoms with van der Waals surface area (Å²) in [7, 11) is -3.52. The van der Waals surface area contributed by atoms with Gasteiger partial charge in [-0.2, -0.15) is 12.7 Å². The lowest BCUT2D eigenvalue weighted by atomic mass is 10.1. The van der Waals surface area contributed by atoms with Crippen molar-refractivity contribution in [2.75, 3.05) is 13.1 Å². The van der Waals surface area contributed by atoms with Crippen molar-refractivity contribution in [2.24, 2.45) is 16.8 Å². The standard InChI is InChI=1S/C6H13N3O2S2/c7-6(12)3-5-1-2-9(4-5)13(8,10)11/h5H,1-4H2,(H2,7,12)(H2,8,10,11). The molecule has 0 bridgehead atoms. The van der Waals surface area contributed by atoms with Crippen molar-refractivity contribution in [3.63, 3.8) is 0 Å². The molecule has 1 unspecified atom stereocenters. The van der Waals surface area contributed by atoms with Crippen LogP contribution in [0.5, 0.6) is 0 Å². The van der Waals surface area contributed by atoms with E-state index in [0.29, 0.717) is 24.5 Å². The van der Waals surface area contributed by atoms with E-state index in [1.54, 1.807) is 0 Å². The zero-order valence-corrected chi connectivity index (χ0v) is 8.77. The summed E-state index contributed by atoms with van der Waals surface area (Å²) in [6.45, 7) is 0.919. The Morgan fingerprint density at radius 1 is 1.62 bits per heavy atom. The van der Waals surface area contributed by atoms with E-state index in [1.807, 2.05) is 0 Å². The molecule has 1 fully saturated rings. The smallest absolute Gasteiger partial charge is 0.276 e. The molecule has 0 amide bonds. The van der Waals surface area contributed by atoms with Crippen molar-refractivity contribution >= 4 is 27.4 Å². The van der Waals surface area contributed by atoms with Gasteiger partial charge in [0.1, 0.15) is 0 Å². The molecule has 0 aromatic heterocycles. The molecule has 0 aliphatic carbocycles. The van der Waals surface area contributed by atoms with Crippen LogP contribution in [0.2, 0.25) is 0 Å². The summed E-state index contributed by atoms with van der Waals surface area (Å²) in [6.07, 6.45) is 1.38. The van der Waals surface area contributed by atoms with Crippen LogP contribution in [0, 0.1) is 5.92 Å². The highest BCUT2D eigenvalue weighted by Crippen LogP contribution is 2.20. The molecule has 1 rings (SSSR count). The molecule has 76 valence electrons. The van der Waals surface area contributed by atoms with Gasteiger partial charge in [-0.15, -0.1) is 0 Å². The van der Waals surface area contributed by atoms with Crippen LogP contribution >= 0.6 is 12.2 Å². The van der Waals surface area contributed by atoms with Gasteiger partial charge >= 0.3 is 0 Å². The monoisotopic (exact) mass is 223 g/mol. The molecule has 7 heteroatoms. The predicted octanol–water partition coefficient (Wildman–Crippen LogP) is -0.812. The highest BCUT2D eigenvalue weighted by molar-refractivity contribution is 7.86. The SMILES string of the molecule is NC(=S)CC1CCN(S(N)(=O)=O)C1. The van der Waals surface area contributed by atoms with Crippen LogP contribution in [0.15, 0.2) is 0 Å². The average Bonchev–Trinajstić information content (AvgIpc) is 2.32. The summed E-state index contributed by atoms with van der Waals surface area (Å²) in [5, 5.41) is 4.97. The van der Waals surface area contributed by atoms with Crippen LogP contribution < -0.4 is 10.9 Å². The van der Waals surface area contributed by atoms with Gasteiger partial charge in [0.2, 0.25) is 0 Å². The fraction of sp³-hybridized carbons (Fsp3) is 0.833. The second kappa shape index (κ2) is 3.87. The molecule has 0 saturated carbocycles. The average molecular weight is 223 g/mol. The largest absolute Gasteiger partial charge is 0.393 e. The maximum Gasteiger partial charge on any atom is 0.276 e. The first-order valence-corrected chi connectivity index (χ1v) is 5.87. The lowest BCUT2D eigenvalue weighted by molar-refractivity contribution is 0.461. The Balaban J connectivity index is 2.50. The summed E-state index contributed by atoms with van der Waals surface area (Å²) in [6, 6.07) is 0. The molecule has 0 radical (unpaired) electrons. The minimum Gasteiger partial charge on any atom is -0.393 e. The normalized spacial score (nSPS) is 24.8. The van der Waals surface area contributed by atoms with E-state index in [2.05, 4.69) is 0 Å². The maximum absolute atomic E-state index is 10.9. The topological polar surface area (TPSA) is 89.4 Å². The van der Waals surface area contributed by atoms with Gasteiger partial charge in [0, 0.05) is 19.5 Å². The Bertz CT molecular complexity index is 301. The second-order valence-electron chi connectivity index (χ2n) is 3.23. The first kappa shape index (κ1) is 10.8. The predicted molar refractivity (Wildman–Crippen MR) is 54.2 cm³/mol. The van der Waals surface area contributed by atoms with Crippen molar-refractivity contribution < 1.29 is 8.42 Å². The van der Waals surface area contributed by atoms with Crippen molar-refractivity contribution in [1.29, 1.82) is 0 Å². The molecule has 0 aromatic rings. The zero-order chi connectivity index (χ0) is 10.1. The molecule has 0 spiro atoms. The molecule has 1 aliphatic heterocycles. The van der Waals surface area contributed by atoms with Crippen LogP contribution in [0.4, 0.5) is 0 Å². The number of hydrogen-bond donors (Lipinski definition) is 2. The number of hydrogen-bond acceptors (Lipinski definition) is 3. The third-order valence-electron chi connectivity index (χ3n) is 2.10. The summed E-state index contributed by atoms with van der Waals surface area (Å²) < 4.78 is 23.1. The van der Waals surface area contributed by atoms with Gasteiger partial charge in [-0.05, 0) is 12.3 Å². The van der Waals surface area contributed by atoms with Crippen LogP contribution in [0.3, 0.4) is 0 Å². The van der Waals surface area contributed by atoms with Gasteiger partial charge in [0.25, 0.3) is 10.2 Å². The molecule has 5 nitrogen and oxygen atoms in total. The Morgan fingerprint density at radius 3 is 2.62 bits per heavy atom. The summed E-state index contributed by atoms with van der Waals surface area (Å²) >= 11 is 4.74. The van der Waals surface area contributed by atoms with E-state index in [-0.39, 0.29) is 5.92 Å². The lowest BCUT2D eigenvalue weighted by Crippen LogP contribution is -2.35. The van der Waals surface area contributed by atoms with Crippen molar-refractivity contribution in [2.45, 2.75) is 12.8 Å². The first-order chi connectivity index (χ1) is 5.89. The second-order valence-corrected chi connectivity index (χ2v) is 5.30. The molecular weight excluding hydrogens is 210 g/mol. The Kier molecular flexibility index (Phi) is 3.23. The lowest BCUT2D eigenvalue weighted by Gasteiger charge is -2.12. The number of thiocarbonyl (C=S) groups is 1. The Hall–Kier alpha value is -0.240. The number of nitrogens with zero attached hydrogens (tertiary/aromatic N) is 1. The molecule has 4 N–H and O–H groups in total. The third-order valence-corrected chi connectivity index (χ3v) is 3.32. The fourth-order valence-electron chi connectivity index (χ4n) is 1.48. The Morgan fingerprint density at radius 2 is 2.23 bits per heavy atom. The molecule has 1 aliphatic rings. The van der Waals surface area contributed by atoms with E-state index in [9.17, 15) is 8.42 Å². The molecule has 1 atom stereocenters. The molecule has 0 aromatic carbocycles. The van der Waals surface area contributed by atoms with Crippen LogP contribution in [-0.4, -0.2) is 30.8 Å². The fourth-order valence-corrected chi connectivity index (χ4v) is 2.49. The van der Waals surface area contributed by atoms with Gasteiger partial charge in [0.05, 0.1) is 4.99 Å². The van der Waals surface area contributed by atoms with E-state index >= 15 is 0 Å². The van der Waals surface area contributed by atoms with Gasteiger partial charge in [-0.25, -0.2) is 5.14 Å².